The van der Waals surface area contributed by atoms with Gasteiger partial charge in [0.15, 0.2) is 5.96 Å². The standard InChI is InChI=1S/C18H24N4S/c1-3-16-12(2)23-17(22-16)9-10-20-18(19)21-15-8-7-13-5-4-6-14(13)11-15/h7-8,11H,3-6,9-10H2,1-2H3,(H3,19,20,21). The van der Waals surface area contributed by atoms with E-state index in [9.17, 15) is 0 Å². The number of benzene rings is 1. The van der Waals surface area contributed by atoms with E-state index in [1.165, 1.54) is 41.0 Å². The summed E-state index contributed by atoms with van der Waals surface area (Å²) < 4.78 is 0. The molecule has 0 atom stereocenters. The lowest BCUT2D eigenvalue weighted by Gasteiger charge is -2.07. The van der Waals surface area contributed by atoms with Gasteiger partial charge in [-0.2, -0.15) is 0 Å². The van der Waals surface area contributed by atoms with E-state index in [0.29, 0.717) is 12.5 Å². The first-order valence-electron chi connectivity index (χ1n) is 8.29. The molecule has 3 rings (SSSR count). The maximum Gasteiger partial charge on any atom is 0.193 e. The van der Waals surface area contributed by atoms with Crippen molar-refractivity contribution < 1.29 is 0 Å². The SMILES string of the molecule is CCc1nc(CCN=C(N)Nc2ccc3c(c2)CCC3)sc1C. The fourth-order valence-corrected chi connectivity index (χ4v) is 4.04. The van der Waals surface area contributed by atoms with Gasteiger partial charge in [-0.15, -0.1) is 11.3 Å². The number of aliphatic imine (C=N–C) groups is 1. The lowest BCUT2D eigenvalue weighted by molar-refractivity contribution is 0.912. The summed E-state index contributed by atoms with van der Waals surface area (Å²) >= 11 is 1.77. The van der Waals surface area contributed by atoms with Crippen LogP contribution in [0.5, 0.6) is 0 Å². The third kappa shape index (κ3) is 3.91. The Balaban J connectivity index is 1.55. The van der Waals surface area contributed by atoms with Crippen LogP contribution in [0, 0.1) is 6.92 Å². The summed E-state index contributed by atoms with van der Waals surface area (Å²) in [6.45, 7) is 4.94. The molecule has 3 N–H and O–H groups in total. The van der Waals surface area contributed by atoms with E-state index in [4.69, 9.17) is 5.73 Å². The number of guanidine groups is 1. The van der Waals surface area contributed by atoms with Gasteiger partial charge in [0, 0.05) is 23.5 Å². The van der Waals surface area contributed by atoms with Crippen LogP contribution < -0.4 is 11.1 Å². The number of rotatable bonds is 5. The van der Waals surface area contributed by atoms with E-state index >= 15 is 0 Å². The summed E-state index contributed by atoms with van der Waals surface area (Å²) in [5.41, 5.74) is 11.1. The number of thiazole rings is 1. The monoisotopic (exact) mass is 328 g/mol. The van der Waals surface area contributed by atoms with Crippen LogP contribution in [0.3, 0.4) is 0 Å². The van der Waals surface area contributed by atoms with Gasteiger partial charge in [0.25, 0.3) is 0 Å². The van der Waals surface area contributed by atoms with Crippen LogP contribution in [0.25, 0.3) is 0 Å². The lowest BCUT2D eigenvalue weighted by Crippen LogP contribution is -2.23. The molecule has 122 valence electrons. The number of aromatic nitrogens is 1. The van der Waals surface area contributed by atoms with Crippen molar-refractivity contribution in [3.05, 3.63) is 44.9 Å². The van der Waals surface area contributed by atoms with Crippen LogP contribution in [-0.2, 0) is 25.7 Å². The summed E-state index contributed by atoms with van der Waals surface area (Å²) in [4.78, 5) is 10.4. The number of hydrogen-bond acceptors (Lipinski definition) is 3. The Morgan fingerprint density at radius 3 is 2.96 bits per heavy atom. The zero-order valence-corrected chi connectivity index (χ0v) is 14.7. The molecule has 1 aliphatic carbocycles. The zero-order chi connectivity index (χ0) is 16.2. The molecule has 1 aromatic carbocycles. The van der Waals surface area contributed by atoms with E-state index in [0.717, 1.165) is 23.5 Å². The maximum absolute atomic E-state index is 6.00. The first-order valence-corrected chi connectivity index (χ1v) is 9.11. The molecule has 0 aliphatic heterocycles. The first kappa shape index (κ1) is 16.0. The Morgan fingerprint density at radius 1 is 1.35 bits per heavy atom. The summed E-state index contributed by atoms with van der Waals surface area (Å²) in [6, 6.07) is 6.48. The summed E-state index contributed by atoms with van der Waals surface area (Å²) in [5.74, 6) is 0.479. The van der Waals surface area contributed by atoms with Gasteiger partial charge in [-0.25, -0.2) is 4.98 Å². The van der Waals surface area contributed by atoms with Gasteiger partial charge in [-0.3, -0.25) is 4.99 Å². The van der Waals surface area contributed by atoms with Gasteiger partial charge in [0.1, 0.15) is 0 Å². The Labute approximate surface area is 141 Å². The van der Waals surface area contributed by atoms with Crippen molar-refractivity contribution in [3.63, 3.8) is 0 Å². The molecule has 1 heterocycles. The highest BCUT2D eigenvalue weighted by atomic mass is 32.1. The van der Waals surface area contributed by atoms with Gasteiger partial charge in [-0.05, 0) is 55.9 Å². The molecule has 0 unspecified atom stereocenters. The average molecular weight is 328 g/mol. The minimum atomic E-state index is 0.479. The van der Waals surface area contributed by atoms with E-state index in [-0.39, 0.29) is 0 Å². The van der Waals surface area contributed by atoms with Crippen LogP contribution in [0.15, 0.2) is 23.2 Å². The Hall–Kier alpha value is -1.88. The van der Waals surface area contributed by atoms with Crippen molar-refractivity contribution in [2.75, 3.05) is 11.9 Å². The number of nitrogens with two attached hydrogens (primary N) is 1. The van der Waals surface area contributed by atoms with Gasteiger partial charge in [0.05, 0.1) is 10.7 Å². The summed E-state index contributed by atoms with van der Waals surface area (Å²) in [5, 5.41) is 4.34. The quantitative estimate of drug-likeness (QED) is 0.652. The molecular weight excluding hydrogens is 304 g/mol. The molecule has 0 radical (unpaired) electrons. The predicted molar refractivity (Wildman–Crippen MR) is 98.5 cm³/mol. The first-order chi connectivity index (χ1) is 11.2. The van der Waals surface area contributed by atoms with Crippen LogP contribution in [0.1, 0.15) is 40.1 Å². The number of nitrogens with zero attached hydrogens (tertiary/aromatic N) is 2. The van der Waals surface area contributed by atoms with Crippen molar-refractivity contribution in [1.29, 1.82) is 0 Å². The van der Waals surface area contributed by atoms with Crippen LogP contribution in [0.4, 0.5) is 5.69 Å². The fraction of sp³-hybridized carbons (Fsp3) is 0.444. The highest BCUT2D eigenvalue weighted by Gasteiger charge is 2.11. The van der Waals surface area contributed by atoms with Crippen molar-refractivity contribution in [3.8, 4) is 0 Å². The van der Waals surface area contributed by atoms with E-state index in [1.54, 1.807) is 11.3 Å². The molecular formula is C18H24N4S. The fourth-order valence-electron chi connectivity index (χ4n) is 3.03. The molecule has 2 aromatic rings. The highest BCUT2D eigenvalue weighted by Crippen LogP contribution is 2.24. The van der Waals surface area contributed by atoms with Gasteiger partial charge >= 0.3 is 0 Å². The van der Waals surface area contributed by atoms with Crippen molar-refractivity contribution in [1.82, 2.24) is 4.98 Å². The topological polar surface area (TPSA) is 63.3 Å². The van der Waals surface area contributed by atoms with Crippen molar-refractivity contribution in [2.24, 2.45) is 10.7 Å². The summed E-state index contributed by atoms with van der Waals surface area (Å²) in [7, 11) is 0. The van der Waals surface area contributed by atoms with Crippen LogP contribution in [-0.4, -0.2) is 17.5 Å². The third-order valence-electron chi connectivity index (χ3n) is 4.25. The minimum Gasteiger partial charge on any atom is -0.370 e. The second kappa shape index (κ2) is 7.13. The van der Waals surface area contributed by atoms with Crippen LogP contribution >= 0.6 is 11.3 Å². The summed E-state index contributed by atoms with van der Waals surface area (Å²) in [6.07, 6.45) is 5.47. The van der Waals surface area contributed by atoms with Crippen molar-refractivity contribution >= 4 is 23.0 Å². The van der Waals surface area contributed by atoms with Crippen molar-refractivity contribution in [2.45, 2.75) is 46.0 Å². The second-order valence-electron chi connectivity index (χ2n) is 5.94. The predicted octanol–water partition coefficient (Wildman–Crippen LogP) is 3.47. The number of hydrogen-bond donors (Lipinski definition) is 2. The lowest BCUT2D eigenvalue weighted by atomic mass is 10.1. The molecule has 4 nitrogen and oxygen atoms in total. The Morgan fingerprint density at radius 2 is 2.17 bits per heavy atom. The molecule has 0 saturated carbocycles. The number of aryl methyl sites for hydroxylation is 4. The normalized spacial score (nSPS) is 14.1. The molecule has 0 spiro atoms. The van der Waals surface area contributed by atoms with Gasteiger partial charge < -0.3 is 11.1 Å². The molecule has 0 bridgehead atoms. The van der Waals surface area contributed by atoms with Gasteiger partial charge in [-0.1, -0.05) is 13.0 Å². The smallest absolute Gasteiger partial charge is 0.193 e. The van der Waals surface area contributed by atoms with E-state index in [1.807, 2.05) is 0 Å². The molecule has 0 amide bonds. The number of fused-ring (bicyclic) bond motifs is 1. The number of nitrogens with one attached hydrogen (secondary N) is 1. The Bertz CT molecular complexity index is 718. The van der Waals surface area contributed by atoms with E-state index < -0.39 is 0 Å². The second-order valence-corrected chi connectivity index (χ2v) is 7.23. The maximum atomic E-state index is 6.00. The van der Waals surface area contributed by atoms with Crippen LogP contribution in [0.2, 0.25) is 0 Å². The minimum absolute atomic E-state index is 0.479. The molecule has 1 aliphatic rings. The molecule has 1 aromatic heterocycles. The molecule has 0 fully saturated rings. The molecule has 5 heteroatoms. The van der Waals surface area contributed by atoms with Gasteiger partial charge in [0.2, 0.25) is 0 Å². The molecule has 23 heavy (non-hydrogen) atoms. The molecule has 0 saturated heterocycles. The average Bonchev–Trinajstić information content (AvgIpc) is 3.12. The van der Waals surface area contributed by atoms with E-state index in [2.05, 4.69) is 47.3 Å². The number of anilines is 1. The third-order valence-corrected chi connectivity index (χ3v) is 5.32. The zero-order valence-electron chi connectivity index (χ0n) is 13.9. The largest absolute Gasteiger partial charge is 0.370 e. The highest BCUT2D eigenvalue weighted by molar-refractivity contribution is 7.11. The Kier molecular flexibility index (Phi) is 4.96.